The number of nitrogens with one attached hydrogen (secondary N) is 1. The summed E-state index contributed by atoms with van der Waals surface area (Å²) in [7, 11) is 1.66. The molecule has 22 heavy (non-hydrogen) atoms. The monoisotopic (exact) mass is 304 g/mol. The highest BCUT2D eigenvalue weighted by molar-refractivity contribution is 6.06. The number of cyclic esters (lactones) is 1. The van der Waals surface area contributed by atoms with E-state index >= 15 is 0 Å². The molecule has 3 rings (SSSR count). The average Bonchev–Trinajstić information content (AvgIpc) is 3.33. The van der Waals surface area contributed by atoms with E-state index in [1.807, 2.05) is 19.1 Å². The van der Waals surface area contributed by atoms with Crippen molar-refractivity contribution in [3.05, 3.63) is 29.3 Å². The van der Waals surface area contributed by atoms with Crippen LogP contribution in [0.15, 0.2) is 23.3 Å². The minimum atomic E-state index is -0.516. The molecule has 1 N–H and O–H groups in total. The molecule has 0 aromatic heterocycles. The standard InChI is InChI=1S/C16H20N2O4/c1-10-15(17-18-16(19)22-10)12-5-6-14(21-8-7-20-2)13(9-12)11-3-4-11/h5-6,9-11H,3-4,7-8H2,1-2H3,(H,18,19)/t10-/m0/s1. The van der Waals surface area contributed by atoms with E-state index in [-0.39, 0.29) is 6.10 Å². The molecule has 0 unspecified atom stereocenters. The lowest BCUT2D eigenvalue weighted by Gasteiger charge is -2.21. The molecule has 0 bridgehead atoms. The lowest BCUT2D eigenvalue weighted by Crippen LogP contribution is -2.37. The van der Waals surface area contributed by atoms with E-state index in [9.17, 15) is 4.79 Å². The molecule has 1 fully saturated rings. The number of methoxy groups -OCH3 is 1. The zero-order valence-electron chi connectivity index (χ0n) is 12.8. The number of nitrogens with zero attached hydrogens (tertiary/aromatic N) is 1. The van der Waals surface area contributed by atoms with Gasteiger partial charge in [-0.25, -0.2) is 10.2 Å². The summed E-state index contributed by atoms with van der Waals surface area (Å²) >= 11 is 0. The Morgan fingerprint density at radius 1 is 1.36 bits per heavy atom. The van der Waals surface area contributed by atoms with Gasteiger partial charge in [-0.2, -0.15) is 5.10 Å². The lowest BCUT2D eigenvalue weighted by molar-refractivity contribution is 0.127. The number of hydrazone groups is 1. The van der Waals surface area contributed by atoms with Gasteiger partial charge in [-0.3, -0.25) is 0 Å². The molecule has 1 aromatic carbocycles. The van der Waals surface area contributed by atoms with Gasteiger partial charge in [-0.15, -0.1) is 0 Å². The van der Waals surface area contributed by atoms with Gasteiger partial charge >= 0.3 is 6.09 Å². The molecule has 6 heteroatoms. The van der Waals surface area contributed by atoms with E-state index < -0.39 is 6.09 Å². The van der Waals surface area contributed by atoms with E-state index in [0.717, 1.165) is 17.0 Å². The predicted molar refractivity (Wildman–Crippen MR) is 81.4 cm³/mol. The van der Waals surface area contributed by atoms with Crippen LogP contribution < -0.4 is 10.2 Å². The third-order valence-electron chi connectivity index (χ3n) is 3.80. The molecule has 1 aliphatic carbocycles. The van der Waals surface area contributed by atoms with Gasteiger partial charge in [-0.05, 0) is 49.4 Å². The molecule has 2 aliphatic rings. The van der Waals surface area contributed by atoms with Gasteiger partial charge in [0.2, 0.25) is 0 Å². The maximum atomic E-state index is 11.2. The average molecular weight is 304 g/mol. The molecule has 0 saturated heterocycles. The fourth-order valence-corrected chi connectivity index (χ4v) is 2.53. The highest BCUT2D eigenvalue weighted by atomic mass is 16.6. The van der Waals surface area contributed by atoms with E-state index in [1.54, 1.807) is 7.11 Å². The van der Waals surface area contributed by atoms with Crippen molar-refractivity contribution in [2.24, 2.45) is 5.10 Å². The predicted octanol–water partition coefficient (Wildman–Crippen LogP) is 2.42. The van der Waals surface area contributed by atoms with Gasteiger partial charge < -0.3 is 14.2 Å². The molecule has 1 heterocycles. The van der Waals surface area contributed by atoms with Crippen molar-refractivity contribution in [2.45, 2.75) is 31.8 Å². The first-order valence-corrected chi connectivity index (χ1v) is 7.49. The van der Waals surface area contributed by atoms with Crippen molar-refractivity contribution < 1.29 is 19.0 Å². The van der Waals surface area contributed by atoms with Gasteiger partial charge in [0.25, 0.3) is 0 Å². The third-order valence-corrected chi connectivity index (χ3v) is 3.80. The first kappa shape index (κ1) is 14.8. The normalized spacial score (nSPS) is 20.9. The van der Waals surface area contributed by atoms with Gasteiger partial charge in [-0.1, -0.05) is 0 Å². The topological polar surface area (TPSA) is 69.2 Å². The Labute approximate surface area is 129 Å². The quantitative estimate of drug-likeness (QED) is 0.819. The number of amides is 1. The molecular weight excluding hydrogens is 284 g/mol. The van der Waals surface area contributed by atoms with E-state index in [4.69, 9.17) is 14.2 Å². The van der Waals surface area contributed by atoms with Gasteiger partial charge in [0.1, 0.15) is 24.2 Å². The molecule has 1 aliphatic heterocycles. The summed E-state index contributed by atoms with van der Waals surface area (Å²) in [5, 5.41) is 4.12. The summed E-state index contributed by atoms with van der Waals surface area (Å²) in [5.74, 6) is 1.45. The highest BCUT2D eigenvalue weighted by Crippen LogP contribution is 2.44. The highest BCUT2D eigenvalue weighted by Gasteiger charge is 2.29. The Balaban J connectivity index is 1.84. The summed E-state index contributed by atoms with van der Waals surface area (Å²) in [6, 6.07) is 6.00. The van der Waals surface area contributed by atoms with Crippen LogP contribution in [0.1, 0.15) is 36.8 Å². The second-order valence-corrected chi connectivity index (χ2v) is 5.52. The van der Waals surface area contributed by atoms with Crippen molar-refractivity contribution >= 4 is 11.8 Å². The van der Waals surface area contributed by atoms with E-state index in [0.29, 0.717) is 19.1 Å². The summed E-state index contributed by atoms with van der Waals surface area (Å²) in [6.07, 6.45) is 1.48. The van der Waals surface area contributed by atoms with E-state index in [2.05, 4.69) is 16.6 Å². The van der Waals surface area contributed by atoms with Crippen LogP contribution in [-0.4, -0.2) is 38.2 Å². The van der Waals surface area contributed by atoms with Crippen molar-refractivity contribution in [1.82, 2.24) is 5.43 Å². The van der Waals surface area contributed by atoms with Crippen molar-refractivity contribution in [3.63, 3.8) is 0 Å². The largest absolute Gasteiger partial charge is 0.491 e. The Morgan fingerprint density at radius 2 is 2.18 bits per heavy atom. The molecular formula is C16H20N2O4. The van der Waals surface area contributed by atoms with Gasteiger partial charge in [0.15, 0.2) is 0 Å². The van der Waals surface area contributed by atoms with Crippen LogP contribution in [-0.2, 0) is 9.47 Å². The number of hydrogen-bond donors (Lipinski definition) is 1. The summed E-state index contributed by atoms with van der Waals surface area (Å²) in [4.78, 5) is 11.2. The van der Waals surface area contributed by atoms with Crippen LogP contribution in [0.25, 0.3) is 0 Å². The Bertz CT molecular complexity index is 596. The fraction of sp³-hybridized carbons (Fsp3) is 0.500. The summed E-state index contributed by atoms with van der Waals surface area (Å²) in [5.41, 5.74) is 5.23. The van der Waals surface area contributed by atoms with Crippen LogP contribution >= 0.6 is 0 Å². The molecule has 6 nitrogen and oxygen atoms in total. The zero-order valence-corrected chi connectivity index (χ0v) is 12.8. The van der Waals surface area contributed by atoms with Crippen LogP contribution in [0.4, 0.5) is 4.79 Å². The summed E-state index contributed by atoms with van der Waals surface area (Å²) in [6.45, 7) is 2.92. The molecule has 1 atom stereocenters. The molecule has 1 amide bonds. The Hall–Kier alpha value is -2.08. The molecule has 1 aromatic rings. The molecule has 118 valence electrons. The second-order valence-electron chi connectivity index (χ2n) is 5.52. The van der Waals surface area contributed by atoms with Gasteiger partial charge in [0.05, 0.1) is 6.61 Å². The maximum Gasteiger partial charge on any atom is 0.428 e. The zero-order chi connectivity index (χ0) is 15.5. The smallest absolute Gasteiger partial charge is 0.428 e. The van der Waals surface area contributed by atoms with Crippen LogP contribution in [0.3, 0.4) is 0 Å². The lowest BCUT2D eigenvalue weighted by atomic mass is 10.00. The van der Waals surface area contributed by atoms with Crippen molar-refractivity contribution in [3.8, 4) is 5.75 Å². The minimum Gasteiger partial charge on any atom is -0.491 e. The molecule has 1 saturated carbocycles. The first-order valence-electron chi connectivity index (χ1n) is 7.49. The first-order chi connectivity index (χ1) is 10.7. The number of hydrogen-bond acceptors (Lipinski definition) is 5. The Morgan fingerprint density at radius 3 is 2.86 bits per heavy atom. The van der Waals surface area contributed by atoms with Crippen LogP contribution in [0.2, 0.25) is 0 Å². The minimum absolute atomic E-state index is 0.360. The van der Waals surface area contributed by atoms with Crippen LogP contribution in [0.5, 0.6) is 5.75 Å². The molecule has 0 spiro atoms. The van der Waals surface area contributed by atoms with Crippen LogP contribution in [0, 0.1) is 0 Å². The SMILES string of the molecule is COCCOc1ccc(C2=NNC(=O)O[C@H]2C)cc1C1CC1. The molecule has 0 radical (unpaired) electrons. The number of carbonyl (C=O) groups excluding carboxylic acids is 1. The number of carbonyl (C=O) groups is 1. The summed E-state index contributed by atoms with van der Waals surface area (Å²) < 4.78 is 16.0. The number of benzene rings is 1. The second kappa shape index (κ2) is 6.36. The number of ether oxygens (including phenoxy) is 3. The van der Waals surface area contributed by atoms with E-state index in [1.165, 1.54) is 18.4 Å². The van der Waals surface area contributed by atoms with Crippen molar-refractivity contribution in [2.75, 3.05) is 20.3 Å². The fourth-order valence-electron chi connectivity index (χ4n) is 2.53. The third kappa shape index (κ3) is 3.22. The van der Waals surface area contributed by atoms with Crippen molar-refractivity contribution in [1.29, 1.82) is 0 Å². The Kier molecular flexibility index (Phi) is 4.29. The van der Waals surface area contributed by atoms with Gasteiger partial charge in [0, 0.05) is 12.7 Å². The maximum absolute atomic E-state index is 11.2. The number of rotatable bonds is 6.